The topological polar surface area (TPSA) is 84.1 Å². The van der Waals surface area contributed by atoms with Crippen molar-refractivity contribution in [3.05, 3.63) is 72.2 Å². The number of furan rings is 1. The van der Waals surface area contributed by atoms with E-state index in [9.17, 15) is 5.11 Å². The lowest BCUT2D eigenvalue weighted by Crippen LogP contribution is -2.15. The van der Waals surface area contributed by atoms with E-state index in [1.54, 1.807) is 18.4 Å². The average molecular weight is 307 g/mol. The van der Waals surface area contributed by atoms with Crippen molar-refractivity contribution in [3.8, 4) is 0 Å². The van der Waals surface area contributed by atoms with Crippen molar-refractivity contribution < 1.29 is 9.52 Å². The molecule has 0 fully saturated rings. The van der Waals surface area contributed by atoms with Crippen LogP contribution in [0.1, 0.15) is 23.8 Å². The van der Waals surface area contributed by atoms with Crippen LogP contribution in [0.2, 0.25) is 0 Å². The molecule has 3 N–H and O–H groups in total. The number of aliphatic hydroxyl groups is 1. The van der Waals surface area contributed by atoms with E-state index in [1.807, 2.05) is 42.5 Å². The molecule has 0 amide bonds. The predicted octanol–water partition coefficient (Wildman–Crippen LogP) is 3.25. The molecule has 0 aliphatic heterocycles. The van der Waals surface area contributed by atoms with E-state index in [2.05, 4.69) is 10.2 Å². The Kier molecular flexibility index (Phi) is 4.49. The number of fused-ring (bicyclic) bond motifs is 1. The Balaban J connectivity index is 1.68. The maximum absolute atomic E-state index is 10.3. The van der Waals surface area contributed by atoms with Crippen LogP contribution in [0.4, 0.5) is 0 Å². The molecule has 0 radical (unpaired) electrons. The van der Waals surface area contributed by atoms with Gasteiger partial charge in [-0.25, -0.2) is 0 Å². The summed E-state index contributed by atoms with van der Waals surface area (Å²) in [5, 5.41) is 20.2. The Labute approximate surface area is 133 Å². The van der Waals surface area contributed by atoms with E-state index in [0.717, 1.165) is 16.3 Å². The lowest BCUT2D eigenvalue weighted by Gasteiger charge is -2.11. The number of rotatable bonds is 5. The molecule has 5 nitrogen and oxygen atoms in total. The fraction of sp³-hybridized carbons (Fsp3) is 0.111. The number of hydrogen-bond donors (Lipinski definition) is 2. The molecule has 5 heteroatoms. The van der Waals surface area contributed by atoms with E-state index in [-0.39, 0.29) is 12.3 Å². The zero-order valence-corrected chi connectivity index (χ0v) is 12.5. The van der Waals surface area contributed by atoms with Crippen LogP contribution in [-0.4, -0.2) is 17.2 Å². The molecular formula is C18H17N3O2. The summed E-state index contributed by atoms with van der Waals surface area (Å²) in [6, 6.07) is 17.4. The summed E-state index contributed by atoms with van der Waals surface area (Å²) < 4.78 is 5.10. The van der Waals surface area contributed by atoms with Gasteiger partial charge in [0.05, 0.1) is 18.6 Å². The molecular weight excluding hydrogens is 290 g/mol. The van der Waals surface area contributed by atoms with Crippen molar-refractivity contribution in [2.45, 2.75) is 12.5 Å². The maximum Gasteiger partial charge on any atom is 0.146 e. The Morgan fingerprint density at radius 2 is 1.96 bits per heavy atom. The molecule has 3 rings (SSSR count). The van der Waals surface area contributed by atoms with Gasteiger partial charge in [0.25, 0.3) is 0 Å². The van der Waals surface area contributed by atoms with Gasteiger partial charge in [0.15, 0.2) is 0 Å². The van der Waals surface area contributed by atoms with Gasteiger partial charge in [0, 0.05) is 6.42 Å². The van der Waals surface area contributed by atoms with Crippen molar-refractivity contribution in [1.82, 2.24) is 0 Å². The highest BCUT2D eigenvalue weighted by Crippen LogP contribution is 2.22. The molecule has 0 bridgehead atoms. The molecule has 3 aromatic rings. The largest absolute Gasteiger partial charge is 0.463 e. The maximum atomic E-state index is 10.3. The van der Waals surface area contributed by atoms with E-state index >= 15 is 0 Å². The summed E-state index contributed by atoms with van der Waals surface area (Å²) in [6.07, 6.45) is 2.52. The highest BCUT2D eigenvalue weighted by molar-refractivity contribution is 5.84. The third-order valence-corrected chi connectivity index (χ3v) is 3.48. The Bertz CT molecular complexity index is 838. The minimum Gasteiger partial charge on any atom is -0.463 e. The van der Waals surface area contributed by atoms with Crippen molar-refractivity contribution in [1.29, 1.82) is 0 Å². The quantitative estimate of drug-likeness (QED) is 0.431. The first-order valence-corrected chi connectivity index (χ1v) is 7.28. The normalized spacial score (nSPS) is 13.7. The van der Waals surface area contributed by atoms with Crippen molar-refractivity contribution in [2.75, 3.05) is 0 Å². The van der Waals surface area contributed by atoms with Crippen molar-refractivity contribution in [3.63, 3.8) is 0 Å². The van der Waals surface area contributed by atoms with Gasteiger partial charge in [-0.3, -0.25) is 0 Å². The second-order valence-corrected chi connectivity index (χ2v) is 5.18. The lowest BCUT2D eigenvalue weighted by molar-refractivity contribution is 0.186. The first-order valence-electron chi connectivity index (χ1n) is 7.28. The molecule has 0 spiro atoms. The first-order chi connectivity index (χ1) is 11.2. The van der Waals surface area contributed by atoms with Crippen LogP contribution in [0.15, 0.2) is 75.5 Å². The fourth-order valence-electron chi connectivity index (χ4n) is 2.30. The van der Waals surface area contributed by atoms with Crippen LogP contribution in [-0.2, 0) is 0 Å². The molecule has 0 aliphatic rings. The Morgan fingerprint density at radius 1 is 1.13 bits per heavy atom. The summed E-state index contributed by atoms with van der Waals surface area (Å²) in [6.45, 7) is 0. The van der Waals surface area contributed by atoms with Gasteiger partial charge in [0.2, 0.25) is 0 Å². The van der Waals surface area contributed by atoms with E-state index in [4.69, 9.17) is 10.2 Å². The summed E-state index contributed by atoms with van der Waals surface area (Å²) in [4.78, 5) is 0. The molecule has 23 heavy (non-hydrogen) atoms. The molecule has 0 saturated carbocycles. The van der Waals surface area contributed by atoms with Crippen LogP contribution >= 0.6 is 0 Å². The minimum atomic E-state index is -0.720. The second-order valence-electron chi connectivity index (χ2n) is 5.18. The van der Waals surface area contributed by atoms with Gasteiger partial charge >= 0.3 is 0 Å². The summed E-state index contributed by atoms with van der Waals surface area (Å²) >= 11 is 0. The zero-order chi connectivity index (χ0) is 16.1. The second kappa shape index (κ2) is 6.89. The molecule has 1 heterocycles. The monoisotopic (exact) mass is 307 g/mol. The lowest BCUT2D eigenvalue weighted by atomic mass is 10.0. The van der Waals surface area contributed by atoms with Crippen LogP contribution in [0.25, 0.3) is 10.8 Å². The molecule has 2 aromatic carbocycles. The van der Waals surface area contributed by atoms with Gasteiger partial charge in [-0.2, -0.15) is 5.10 Å². The van der Waals surface area contributed by atoms with Gasteiger partial charge in [-0.05, 0) is 34.5 Å². The SMILES string of the molecule is N/C(CC(O)c1ccc2ccccc2c1)=N\N=C\c1ccco1. The number of hydrogen-bond acceptors (Lipinski definition) is 4. The number of aliphatic hydroxyl groups excluding tert-OH is 1. The van der Waals surface area contributed by atoms with Gasteiger partial charge in [-0.1, -0.05) is 36.4 Å². The molecule has 0 saturated heterocycles. The van der Waals surface area contributed by atoms with Gasteiger partial charge in [-0.15, -0.1) is 5.10 Å². The summed E-state index contributed by atoms with van der Waals surface area (Å²) in [5.41, 5.74) is 6.61. The fourth-order valence-corrected chi connectivity index (χ4v) is 2.30. The first kappa shape index (κ1) is 15.0. The third-order valence-electron chi connectivity index (χ3n) is 3.48. The highest BCUT2D eigenvalue weighted by Gasteiger charge is 2.10. The van der Waals surface area contributed by atoms with Gasteiger partial charge < -0.3 is 15.3 Å². The van der Waals surface area contributed by atoms with E-state index in [0.29, 0.717) is 5.76 Å². The zero-order valence-electron chi connectivity index (χ0n) is 12.5. The number of nitrogens with two attached hydrogens (primary N) is 1. The number of amidine groups is 1. The Morgan fingerprint density at radius 3 is 2.74 bits per heavy atom. The molecule has 116 valence electrons. The highest BCUT2D eigenvalue weighted by atomic mass is 16.3. The summed E-state index contributed by atoms with van der Waals surface area (Å²) in [7, 11) is 0. The molecule has 0 aliphatic carbocycles. The molecule has 1 unspecified atom stereocenters. The van der Waals surface area contributed by atoms with Gasteiger partial charge in [0.1, 0.15) is 11.6 Å². The molecule has 1 atom stereocenters. The van der Waals surface area contributed by atoms with E-state index < -0.39 is 6.10 Å². The van der Waals surface area contributed by atoms with Crippen LogP contribution < -0.4 is 5.73 Å². The van der Waals surface area contributed by atoms with Crippen LogP contribution in [0.3, 0.4) is 0 Å². The number of nitrogens with zero attached hydrogens (tertiary/aromatic N) is 2. The average Bonchev–Trinajstić information content (AvgIpc) is 3.07. The standard InChI is InChI=1S/C18H17N3O2/c19-18(21-20-12-16-6-3-9-23-16)11-17(22)15-8-7-13-4-1-2-5-14(13)10-15/h1-10,12,17,22H,11H2,(H2,19,21)/b20-12+. The number of benzene rings is 2. The summed E-state index contributed by atoms with van der Waals surface area (Å²) in [5.74, 6) is 0.852. The van der Waals surface area contributed by atoms with Crippen molar-refractivity contribution in [2.24, 2.45) is 15.9 Å². The van der Waals surface area contributed by atoms with Crippen LogP contribution in [0.5, 0.6) is 0 Å². The van der Waals surface area contributed by atoms with Crippen LogP contribution in [0, 0.1) is 0 Å². The predicted molar refractivity (Wildman–Crippen MR) is 91.4 cm³/mol. The Hall–Kier alpha value is -2.92. The van der Waals surface area contributed by atoms with E-state index in [1.165, 1.54) is 6.21 Å². The smallest absolute Gasteiger partial charge is 0.146 e. The molecule has 1 aromatic heterocycles. The van der Waals surface area contributed by atoms with Crippen molar-refractivity contribution >= 4 is 22.8 Å². The minimum absolute atomic E-state index is 0.216. The third kappa shape index (κ3) is 3.84.